The largest absolute Gasteiger partial charge is 0.384 e. The number of primary amides is 1. The SMILES string of the molecule is CC(=O)c1cccc(F)c1.CC1(c2cccc(F)c2)NC(=O)c2ccc(Cl)c(=O)n21.CC1(c2cccc(F)c2)NC(=O)c2ccc(Nc3ccncn3)c(=O)n21.CC1(c2cccc(F)c2)NC(=O)c2ccc(Nc3ccncn3)c(=O)n21.NC(=O)c1ccc(Cl)c(=O)[nH]1.Nc1ccncn1. The van der Waals surface area contributed by atoms with E-state index in [1.54, 1.807) is 94.0 Å². The Balaban J connectivity index is 0.000000148. The zero-order chi connectivity index (χ0) is 72.2. The number of hydrogen-bond donors (Lipinski definition) is 8. The van der Waals surface area contributed by atoms with E-state index in [-0.39, 0.29) is 55.8 Å². The first-order valence-electron chi connectivity index (χ1n) is 29.3. The molecule has 0 aliphatic carbocycles. The van der Waals surface area contributed by atoms with Crippen molar-refractivity contribution < 1.29 is 41.5 Å². The predicted octanol–water partition coefficient (Wildman–Crippen LogP) is 8.29. The number of anilines is 5. The van der Waals surface area contributed by atoms with Crippen molar-refractivity contribution in [1.82, 2.24) is 64.5 Å². The van der Waals surface area contributed by atoms with Crippen LogP contribution in [0.2, 0.25) is 10.0 Å². The maximum atomic E-state index is 13.7. The van der Waals surface area contributed by atoms with Gasteiger partial charge in [0, 0.05) is 40.8 Å². The summed E-state index contributed by atoms with van der Waals surface area (Å²) in [5, 5.41) is 14.1. The molecule has 10 heterocycles. The van der Waals surface area contributed by atoms with Gasteiger partial charge in [0.2, 0.25) is 0 Å². The van der Waals surface area contributed by atoms with Gasteiger partial charge in [-0.15, -0.1) is 0 Å². The average molecular weight is 1400 g/mol. The number of hydrogen-bond acceptors (Lipinski definition) is 18. The van der Waals surface area contributed by atoms with E-state index in [0.717, 1.165) is 0 Å². The van der Waals surface area contributed by atoms with Crippen LogP contribution in [0.25, 0.3) is 0 Å². The third-order valence-corrected chi connectivity index (χ3v) is 15.7. The fraction of sp³-hybridized carbons (Fsp3) is 0.103. The van der Waals surface area contributed by atoms with Crippen LogP contribution in [0.3, 0.4) is 0 Å². The summed E-state index contributed by atoms with van der Waals surface area (Å²) >= 11 is 11.2. The molecule has 0 spiro atoms. The van der Waals surface area contributed by atoms with E-state index in [9.17, 15) is 60.7 Å². The zero-order valence-electron chi connectivity index (χ0n) is 52.7. The number of carbonyl (C=O) groups is 5. The van der Waals surface area contributed by atoms with E-state index in [1.165, 1.54) is 149 Å². The maximum absolute atomic E-state index is 13.7. The molecule has 0 bridgehead atoms. The molecule has 0 saturated carbocycles. The van der Waals surface area contributed by atoms with Gasteiger partial charge in [0.25, 0.3) is 45.9 Å². The molecular weight excluding hydrogens is 1350 g/mol. The Morgan fingerprint density at radius 2 is 0.850 bits per heavy atom. The third kappa shape index (κ3) is 16.0. The number of nitrogens with two attached hydrogens (primary N) is 2. The molecule has 7 aromatic heterocycles. The van der Waals surface area contributed by atoms with E-state index in [0.29, 0.717) is 39.7 Å². The molecule has 10 N–H and O–H groups in total. The van der Waals surface area contributed by atoms with E-state index >= 15 is 0 Å². The number of aromatic amines is 1. The molecule has 3 aliphatic rings. The summed E-state index contributed by atoms with van der Waals surface area (Å²) in [7, 11) is 0. The van der Waals surface area contributed by atoms with Crippen LogP contribution in [-0.4, -0.2) is 78.0 Å². The smallest absolute Gasteiger partial charge is 0.277 e. The summed E-state index contributed by atoms with van der Waals surface area (Å²) in [6.45, 7) is 6.36. The second kappa shape index (κ2) is 30.5. The topological polar surface area (TPSA) is 374 Å². The molecule has 3 atom stereocenters. The van der Waals surface area contributed by atoms with Crippen LogP contribution in [0, 0.1) is 23.3 Å². The second-order valence-corrected chi connectivity index (χ2v) is 22.7. The molecule has 0 saturated heterocycles. The summed E-state index contributed by atoms with van der Waals surface area (Å²) < 4.78 is 57.1. The molecular formula is C68H55Cl2F4N17O9. The van der Waals surface area contributed by atoms with Gasteiger partial charge in [0.1, 0.15) is 121 Å². The highest BCUT2D eigenvalue weighted by atomic mass is 35.5. The lowest BCUT2D eigenvalue weighted by Crippen LogP contribution is -2.46. The van der Waals surface area contributed by atoms with E-state index in [4.69, 9.17) is 34.7 Å². The Bertz CT molecular complexity index is 5020. The lowest BCUT2D eigenvalue weighted by Gasteiger charge is -2.28. The van der Waals surface area contributed by atoms with Crippen molar-refractivity contribution in [2.45, 2.75) is 44.7 Å². The van der Waals surface area contributed by atoms with Crippen molar-refractivity contribution in [3.05, 3.63) is 321 Å². The summed E-state index contributed by atoms with van der Waals surface area (Å²) in [5.74, 6) is -2.30. The number of ketones is 1. The first-order valence-corrected chi connectivity index (χ1v) is 30.1. The van der Waals surface area contributed by atoms with Gasteiger partial charge in [0.15, 0.2) is 5.78 Å². The number of Topliss-reactive ketones (excluding diaryl/α,β-unsaturated/α-hetero) is 1. The van der Waals surface area contributed by atoms with E-state index in [1.807, 2.05) is 0 Å². The number of nitrogens with one attached hydrogen (secondary N) is 6. The Kier molecular flexibility index (Phi) is 21.8. The molecule has 3 unspecified atom stereocenters. The highest BCUT2D eigenvalue weighted by molar-refractivity contribution is 6.30. The standard InChI is InChI=1S/2C18H14FN5O2.C14H10ClFN2O2.C8H7FO.C6H5ClN2O2.C4H5N3/c2*1-18(11-3-2-4-12(19)9-11)23-16(25)14-6-5-13(17(26)24(14)18)22-15-7-8-20-10-21-15;1-14(8-3-2-4-9(16)7-8)17-12(19)11-6-5-10(15)13(20)18(11)14;1-6(10)7-3-2-4-8(9)5-7;7-3-1-2-4(5(8)10)9-6(3)11;5-4-1-2-6-3-7-4/h2*2-10H,1H3,(H,23,25)(H,20,21,22);2-7H,1H3,(H,17,19);2-5H,1H3;1-2H,(H2,8,10)(H,9,11);1-3H,(H2,5,6,7). The minimum absolute atomic E-state index is 0.00729. The monoisotopic (exact) mass is 1400 g/mol. The molecule has 100 heavy (non-hydrogen) atoms. The summed E-state index contributed by atoms with van der Waals surface area (Å²) in [6, 6.07) is 39.5. The number of benzene rings is 4. The number of pyridine rings is 4. The fourth-order valence-electron chi connectivity index (χ4n) is 10.3. The molecule has 4 amide bonds. The maximum Gasteiger partial charge on any atom is 0.277 e. The lowest BCUT2D eigenvalue weighted by atomic mass is 10.0. The average Bonchev–Trinajstić information content (AvgIpc) is 1.59. The summed E-state index contributed by atoms with van der Waals surface area (Å²) in [4.78, 5) is 132. The van der Waals surface area contributed by atoms with Gasteiger partial charge in [-0.1, -0.05) is 71.7 Å². The second-order valence-electron chi connectivity index (χ2n) is 21.9. The predicted molar refractivity (Wildman–Crippen MR) is 361 cm³/mol. The minimum Gasteiger partial charge on any atom is -0.384 e. The highest BCUT2D eigenvalue weighted by Crippen LogP contribution is 2.33. The number of fused-ring (bicyclic) bond motifs is 3. The van der Waals surface area contributed by atoms with Crippen LogP contribution in [0.1, 0.15) is 96.7 Å². The minimum atomic E-state index is -1.20. The number of nitrogen functional groups attached to an aromatic ring is 1. The van der Waals surface area contributed by atoms with Crippen molar-refractivity contribution in [3.63, 3.8) is 0 Å². The van der Waals surface area contributed by atoms with Gasteiger partial charge in [-0.3, -0.25) is 56.9 Å². The first kappa shape index (κ1) is 71.5. The van der Waals surface area contributed by atoms with Crippen molar-refractivity contribution >= 4 is 81.4 Å². The van der Waals surface area contributed by atoms with Gasteiger partial charge in [-0.2, -0.15) is 0 Å². The molecule has 11 aromatic rings. The van der Waals surface area contributed by atoms with Crippen molar-refractivity contribution in [2.24, 2.45) is 5.73 Å². The molecule has 4 aromatic carbocycles. The van der Waals surface area contributed by atoms with Crippen LogP contribution in [0.4, 0.5) is 46.4 Å². The van der Waals surface area contributed by atoms with Gasteiger partial charge in [0.05, 0.1) is 0 Å². The van der Waals surface area contributed by atoms with E-state index in [2.05, 4.69) is 61.5 Å². The summed E-state index contributed by atoms with van der Waals surface area (Å²) in [6.07, 6.45) is 8.81. The number of amides is 4. The van der Waals surface area contributed by atoms with Gasteiger partial charge in [-0.25, -0.2) is 47.5 Å². The summed E-state index contributed by atoms with van der Waals surface area (Å²) in [5.41, 5.74) is 7.64. The Morgan fingerprint density at radius 3 is 1.18 bits per heavy atom. The fourth-order valence-corrected chi connectivity index (χ4v) is 10.5. The number of aromatic nitrogens is 10. The molecule has 3 aliphatic heterocycles. The Labute approximate surface area is 572 Å². The van der Waals surface area contributed by atoms with Crippen molar-refractivity contribution in [2.75, 3.05) is 16.4 Å². The van der Waals surface area contributed by atoms with Crippen LogP contribution < -0.4 is 60.3 Å². The Morgan fingerprint density at radius 1 is 0.470 bits per heavy atom. The van der Waals surface area contributed by atoms with Crippen molar-refractivity contribution in [3.8, 4) is 0 Å². The van der Waals surface area contributed by atoms with Crippen LogP contribution in [0.15, 0.2) is 221 Å². The van der Waals surface area contributed by atoms with Crippen LogP contribution >= 0.6 is 23.2 Å². The van der Waals surface area contributed by atoms with Crippen LogP contribution in [-0.2, 0) is 17.0 Å². The number of halogens is 6. The third-order valence-electron chi connectivity index (χ3n) is 15.1. The molecule has 0 radical (unpaired) electrons. The number of H-pyrrole nitrogens is 1. The lowest BCUT2D eigenvalue weighted by molar-refractivity contribution is 0.0932. The number of rotatable bonds is 9. The van der Waals surface area contributed by atoms with E-state index < -0.39 is 80.3 Å². The number of carbonyl (C=O) groups excluding carboxylic acids is 5. The normalized spacial score (nSPS) is 16.2. The Hall–Kier alpha value is -12.8. The van der Waals surface area contributed by atoms with Crippen molar-refractivity contribution in [1.29, 1.82) is 0 Å². The van der Waals surface area contributed by atoms with Crippen LogP contribution in [0.5, 0.6) is 0 Å². The van der Waals surface area contributed by atoms with Gasteiger partial charge >= 0.3 is 0 Å². The molecule has 0 fully saturated rings. The molecule has 508 valence electrons. The quantitative estimate of drug-likeness (QED) is 0.0497. The first-order chi connectivity index (χ1) is 47.6. The highest BCUT2D eigenvalue weighted by Gasteiger charge is 2.44. The number of nitrogens with zero attached hydrogens (tertiary/aromatic N) is 9. The molecule has 14 rings (SSSR count). The van der Waals surface area contributed by atoms with Gasteiger partial charge < -0.3 is 43.0 Å². The van der Waals surface area contributed by atoms with Gasteiger partial charge in [-0.05, 0) is 143 Å². The molecule has 32 heteroatoms. The zero-order valence-corrected chi connectivity index (χ0v) is 54.2. The molecule has 26 nitrogen and oxygen atoms in total.